The van der Waals surface area contributed by atoms with Crippen LogP contribution in [-0.4, -0.2) is 31.6 Å². The molecule has 2 atom stereocenters. The molecule has 0 spiro atoms. The predicted octanol–water partition coefficient (Wildman–Crippen LogP) is 4.61. The average molecular weight is 408 g/mol. The fraction of sp³-hybridized carbons (Fsp3) is 0.360. The molecular formula is C25H29NO4. The molecule has 1 heterocycles. The van der Waals surface area contributed by atoms with Crippen LogP contribution in [0.4, 0.5) is 5.69 Å². The molecule has 0 N–H and O–H groups in total. The van der Waals surface area contributed by atoms with Crippen molar-refractivity contribution < 1.29 is 19.1 Å². The lowest BCUT2D eigenvalue weighted by molar-refractivity contribution is -0.150. The molecule has 0 saturated heterocycles. The van der Waals surface area contributed by atoms with Crippen LogP contribution < -0.4 is 9.64 Å². The van der Waals surface area contributed by atoms with Crippen molar-refractivity contribution in [2.75, 3.05) is 19.1 Å². The molecule has 0 aliphatic carbocycles. The maximum Gasteiger partial charge on any atom is 0.334 e. The van der Waals surface area contributed by atoms with Crippen molar-refractivity contribution in [3.8, 4) is 5.75 Å². The van der Waals surface area contributed by atoms with E-state index in [0.29, 0.717) is 5.75 Å². The number of hydrogen-bond donors (Lipinski definition) is 0. The number of benzene rings is 2. The first-order valence-electron chi connectivity index (χ1n) is 9.94. The Balaban J connectivity index is 2.21. The van der Waals surface area contributed by atoms with Crippen molar-refractivity contribution in [1.29, 1.82) is 0 Å². The van der Waals surface area contributed by atoms with Crippen LogP contribution >= 0.6 is 0 Å². The quantitative estimate of drug-likeness (QED) is 0.536. The van der Waals surface area contributed by atoms with E-state index in [0.717, 1.165) is 16.8 Å². The summed E-state index contributed by atoms with van der Waals surface area (Å²) in [7, 11) is 3.34. The third-order valence-corrected chi connectivity index (χ3v) is 5.59. The molecule has 1 amide bonds. The van der Waals surface area contributed by atoms with E-state index in [-0.39, 0.29) is 11.5 Å². The number of carbonyl (C=O) groups excluding carboxylic acids is 2. The lowest BCUT2D eigenvalue weighted by atomic mass is 9.66. The smallest absolute Gasteiger partial charge is 0.334 e. The molecule has 5 heteroatoms. The van der Waals surface area contributed by atoms with Crippen molar-refractivity contribution in [1.82, 2.24) is 0 Å². The normalized spacial score (nSPS) is 19.3. The summed E-state index contributed by atoms with van der Waals surface area (Å²) < 4.78 is 11.0. The predicted molar refractivity (Wildman–Crippen MR) is 118 cm³/mol. The standard InChI is InChI=1S/C25H29NO4/c1-16(22(27)30-24(2,3)4)21(17-11-9-8-10-12-17)25(5)19-15-18(29-7)13-14-20(19)26(6)23(25)28/h8-15,21H,1H2,2-7H3/t21-,25+/m1/s1. The van der Waals surface area contributed by atoms with Crippen LogP contribution in [0.1, 0.15) is 44.7 Å². The van der Waals surface area contributed by atoms with E-state index >= 15 is 0 Å². The van der Waals surface area contributed by atoms with Crippen molar-refractivity contribution in [2.45, 2.75) is 44.6 Å². The summed E-state index contributed by atoms with van der Waals surface area (Å²) in [5, 5.41) is 0. The van der Waals surface area contributed by atoms with E-state index in [4.69, 9.17) is 9.47 Å². The Bertz CT molecular complexity index is 990. The fourth-order valence-electron chi connectivity index (χ4n) is 4.19. The minimum absolute atomic E-state index is 0.107. The summed E-state index contributed by atoms with van der Waals surface area (Å²) in [6.07, 6.45) is 0. The van der Waals surface area contributed by atoms with E-state index in [2.05, 4.69) is 6.58 Å². The Kier molecular flexibility index (Phi) is 5.50. The number of carbonyl (C=O) groups is 2. The highest BCUT2D eigenvalue weighted by molar-refractivity contribution is 6.10. The number of esters is 1. The zero-order valence-corrected chi connectivity index (χ0v) is 18.5. The third kappa shape index (κ3) is 3.60. The Morgan fingerprint density at radius 2 is 1.77 bits per heavy atom. The number of methoxy groups -OCH3 is 1. The largest absolute Gasteiger partial charge is 0.497 e. The van der Waals surface area contributed by atoms with Crippen LogP contribution in [0.5, 0.6) is 5.75 Å². The Morgan fingerprint density at radius 3 is 2.33 bits per heavy atom. The first-order chi connectivity index (χ1) is 14.0. The molecule has 158 valence electrons. The fourth-order valence-corrected chi connectivity index (χ4v) is 4.19. The monoisotopic (exact) mass is 407 g/mol. The number of fused-ring (bicyclic) bond motifs is 1. The Hall–Kier alpha value is -3.08. The SMILES string of the molecule is C=C(C(=O)OC(C)(C)C)[C@H](c1ccccc1)[C@@]1(C)C(=O)N(C)c2ccc(OC)cc21. The molecule has 0 saturated carbocycles. The maximum atomic E-state index is 13.6. The van der Waals surface area contributed by atoms with Crippen LogP contribution in [-0.2, 0) is 19.7 Å². The maximum absolute atomic E-state index is 13.6. The summed E-state index contributed by atoms with van der Waals surface area (Å²) in [6.45, 7) is 11.4. The molecule has 30 heavy (non-hydrogen) atoms. The van der Waals surface area contributed by atoms with Crippen LogP contribution in [0, 0.1) is 0 Å². The van der Waals surface area contributed by atoms with Crippen LogP contribution in [0.2, 0.25) is 0 Å². The highest BCUT2D eigenvalue weighted by Crippen LogP contribution is 2.52. The van der Waals surface area contributed by atoms with E-state index in [1.807, 2.05) is 76.2 Å². The van der Waals surface area contributed by atoms with Gasteiger partial charge in [-0.15, -0.1) is 0 Å². The number of anilines is 1. The van der Waals surface area contributed by atoms with Gasteiger partial charge in [0.25, 0.3) is 0 Å². The summed E-state index contributed by atoms with van der Waals surface area (Å²) in [5.41, 5.74) is 0.951. The van der Waals surface area contributed by atoms with Gasteiger partial charge in [0.15, 0.2) is 0 Å². The van der Waals surface area contributed by atoms with Crippen molar-refractivity contribution in [2.24, 2.45) is 0 Å². The van der Waals surface area contributed by atoms with E-state index in [1.54, 1.807) is 19.1 Å². The number of amides is 1. The van der Waals surface area contributed by atoms with Gasteiger partial charge in [0.05, 0.1) is 12.5 Å². The zero-order chi connectivity index (χ0) is 22.3. The van der Waals surface area contributed by atoms with Gasteiger partial charge in [-0.2, -0.15) is 0 Å². The molecule has 2 aromatic carbocycles. The van der Waals surface area contributed by atoms with Crippen LogP contribution in [0.3, 0.4) is 0 Å². The summed E-state index contributed by atoms with van der Waals surface area (Å²) in [6, 6.07) is 15.1. The first kappa shape index (κ1) is 21.6. The Labute approximate surface area is 178 Å². The lowest BCUT2D eigenvalue weighted by Crippen LogP contribution is -2.43. The van der Waals surface area contributed by atoms with Gasteiger partial charge in [-0.05, 0) is 57.0 Å². The molecule has 0 unspecified atom stereocenters. The Morgan fingerprint density at radius 1 is 1.13 bits per heavy atom. The van der Waals surface area contributed by atoms with Gasteiger partial charge in [0, 0.05) is 24.2 Å². The second-order valence-corrected chi connectivity index (χ2v) is 8.82. The highest BCUT2D eigenvalue weighted by atomic mass is 16.6. The molecule has 5 nitrogen and oxygen atoms in total. The van der Waals surface area contributed by atoms with E-state index < -0.39 is 22.9 Å². The van der Waals surface area contributed by atoms with Crippen LogP contribution in [0.15, 0.2) is 60.7 Å². The minimum Gasteiger partial charge on any atom is -0.497 e. The zero-order valence-electron chi connectivity index (χ0n) is 18.5. The van der Waals surface area contributed by atoms with Gasteiger partial charge in [0.1, 0.15) is 11.4 Å². The second kappa shape index (κ2) is 7.63. The molecule has 3 rings (SSSR count). The van der Waals surface area contributed by atoms with Crippen molar-refractivity contribution >= 4 is 17.6 Å². The molecule has 1 aliphatic heterocycles. The molecular weight excluding hydrogens is 378 g/mol. The number of hydrogen-bond acceptors (Lipinski definition) is 4. The number of nitrogens with zero attached hydrogens (tertiary/aromatic N) is 1. The van der Waals surface area contributed by atoms with E-state index in [9.17, 15) is 9.59 Å². The summed E-state index contributed by atoms with van der Waals surface area (Å²) in [5.74, 6) is -0.566. The third-order valence-electron chi connectivity index (χ3n) is 5.59. The topological polar surface area (TPSA) is 55.8 Å². The molecule has 1 aliphatic rings. The molecule has 0 bridgehead atoms. The molecule has 0 fully saturated rings. The van der Waals surface area contributed by atoms with Crippen LogP contribution in [0.25, 0.3) is 0 Å². The summed E-state index contributed by atoms with van der Waals surface area (Å²) in [4.78, 5) is 28.3. The average Bonchev–Trinajstić information content (AvgIpc) is 2.89. The molecule has 2 aromatic rings. The van der Waals surface area contributed by atoms with Gasteiger partial charge in [-0.25, -0.2) is 4.79 Å². The van der Waals surface area contributed by atoms with Gasteiger partial charge < -0.3 is 14.4 Å². The highest BCUT2D eigenvalue weighted by Gasteiger charge is 2.54. The number of rotatable bonds is 5. The summed E-state index contributed by atoms with van der Waals surface area (Å²) >= 11 is 0. The number of likely N-dealkylation sites (N-methyl/N-ethyl adjacent to an activating group) is 1. The van der Waals surface area contributed by atoms with Crippen molar-refractivity contribution in [3.05, 3.63) is 71.8 Å². The number of ether oxygens (including phenoxy) is 2. The van der Waals surface area contributed by atoms with E-state index in [1.165, 1.54) is 0 Å². The lowest BCUT2D eigenvalue weighted by Gasteiger charge is -2.35. The van der Waals surface area contributed by atoms with Gasteiger partial charge in [0.2, 0.25) is 5.91 Å². The van der Waals surface area contributed by atoms with Gasteiger partial charge >= 0.3 is 5.97 Å². The van der Waals surface area contributed by atoms with Crippen molar-refractivity contribution in [3.63, 3.8) is 0 Å². The van der Waals surface area contributed by atoms with Gasteiger partial charge in [-0.1, -0.05) is 36.9 Å². The molecule has 0 aromatic heterocycles. The minimum atomic E-state index is -1.05. The second-order valence-electron chi connectivity index (χ2n) is 8.82. The van der Waals surface area contributed by atoms with Gasteiger partial charge in [-0.3, -0.25) is 4.79 Å². The first-order valence-corrected chi connectivity index (χ1v) is 9.94. The molecule has 0 radical (unpaired) electrons.